The Morgan fingerprint density at radius 1 is 1.25 bits per heavy atom. The lowest BCUT2D eigenvalue weighted by atomic mass is 9.82. The Morgan fingerprint density at radius 2 is 2.17 bits per heavy atom. The third-order valence-electron chi connectivity index (χ3n) is 3.95. The van der Waals surface area contributed by atoms with Gasteiger partial charge in [0, 0.05) is 0 Å². The molecule has 1 heterocycles. The lowest BCUT2D eigenvalue weighted by molar-refractivity contribution is 0.271. The van der Waals surface area contributed by atoms with Gasteiger partial charge in [-0.25, -0.2) is 0 Å². The minimum Gasteiger partial charge on any atom is -0.316 e. The van der Waals surface area contributed by atoms with Crippen LogP contribution in [0.1, 0.15) is 39.0 Å². The number of nitrogens with one attached hydrogen (secondary N) is 1. The normalized spacial score (nSPS) is 42.2. The van der Waals surface area contributed by atoms with Crippen molar-refractivity contribution >= 4 is 0 Å². The fraction of sp³-hybridized carbons (Fsp3) is 1.00. The van der Waals surface area contributed by atoms with E-state index in [2.05, 4.69) is 12.2 Å². The predicted molar refractivity (Wildman–Crippen MR) is 52.1 cm³/mol. The van der Waals surface area contributed by atoms with Gasteiger partial charge in [-0.1, -0.05) is 26.2 Å². The lowest BCUT2D eigenvalue weighted by Crippen LogP contribution is -2.20. The molecule has 1 heteroatoms. The summed E-state index contributed by atoms with van der Waals surface area (Å²) in [6.45, 7) is 4.95. The molecular formula is C11H21N. The fourth-order valence-electron chi connectivity index (χ4n) is 3.24. The fourth-order valence-corrected chi connectivity index (χ4v) is 3.24. The van der Waals surface area contributed by atoms with Crippen LogP contribution in [0.15, 0.2) is 0 Å². The van der Waals surface area contributed by atoms with Crippen LogP contribution in [-0.2, 0) is 0 Å². The molecule has 1 aliphatic carbocycles. The summed E-state index contributed by atoms with van der Waals surface area (Å²) in [5, 5.41) is 3.49. The second kappa shape index (κ2) is 3.78. The second-order valence-corrected chi connectivity index (χ2v) is 4.52. The molecule has 12 heavy (non-hydrogen) atoms. The Bertz CT molecular complexity index is 138. The van der Waals surface area contributed by atoms with Crippen LogP contribution in [0.4, 0.5) is 0 Å². The monoisotopic (exact) mass is 167 g/mol. The van der Waals surface area contributed by atoms with Crippen molar-refractivity contribution in [1.82, 2.24) is 5.32 Å². The standard InChI is InChI=1S/C11H21N/c1-2-9-4-3-5-11(9)10-6-7-12-8-10/h9-12H,2-8H2,1H3. The summed E-state index contributed by atoms with van der Waals surface area (Å²) in [6, 6.07) is 0. The minimum absolute atomic E-state index is 1.03. The van der Waals surface area contributed by atoms with E-state index in [-0.39, 0.29) is 0 Å². The molecule has 1 saturated carbocycles. The zero-order chi connectivity index (χ0) is 8.39. The second-order valence-electron chi connectivity index (χ2n) is 4.52. The van der Waals surface area contributed by atoms with Crippen LogP contribution >= 0.6 is 0 Å². The third kappa shape index (κ3) is 1.52. The van der Waals surface area contributed by atoms with Crippen LogP contribution < -0.4 is 5.32 Å². The first-order valence-electron chi connectivity index (χ1n) is 5.62. The van der Waals surface area contributed by atoms with Gasteiger partial charge in [0.15, 0.2) is 0 Å². The van der Waals surface area contributed by atoms with Gasteiger partial charge in [-0.2, -0.15) is 0 Å². The van der Waals surface area contributed by atoms with E-state index in [1.807, 2.05) is 0 Å². The Balaban J connectivity index is 1.92. The van der Waals surface area contributed by atoms with E-state index in [0.717, 1.165) is 17.8 Å². The molecule has 0 radical (unpaired) electrons. The summed E-state index contributed by atoms with van der Waals surface area (Å²) in [5.74, 6) is 3.16. The van der Waals surface area contributed by atoms with Crippen molar-refractivity contribution in [3.05, 3.63) is 0 Å². The number of hydrogen-bond donors (Lipinski definition) is 1. The molecule has 0 aromatic rings. The largest absolute Gasteiger partial charge is 0.316 e. The average Bonchev–Trinajstić information content (AvgIpc) is 2.74. The van der Waals surface area contributed by atoms with E-state index in [1.54, 1.807) is 0 Å². The molecule has 1 N–H and O–H groups in total. The first-order valence-corrected chi connectivity index (χ1v) is 5.62. The number of hydrogen-bond acceptors (Lipinski definition) is 1. The van der Waals surface area contributed by atoms with Gasteiger partial charge in [-0.05, 0) is 43.7 Å². The maximum absolute atomic E-state index is 3.49. The van der Waals surface area contributed by atoms with Gasteiger partial charge in [0.1, 0.15) is 0 Å². The molecule has 3 atom stereocenters. The van der Waals surface area contributed by atoms with Gasteiger partial charge in [0.05, 0.1) is 0 Å². The van der Waals surface area contributed by atoms with Gasteiger partial charge >= 0.3 is 0 Å². The van der Waals surface area contributed by atoms with Crippen LogP contribution in [0.5, 0.6) is 0 Å². The molecule has 2 aliphatic rings. The van der Waals surface area contributed by atoms with Crippen molar-refractivity contribution in [1.29, 1.82) is 0 Å². The Hall–Kier alpha value is -0.0400. The molecule has 2 fully saturated rings. The van der Waals surface area contributed by atoms with Crippen LogP contribution in [0.2, 0.25) is 0 Å². The highest BCUT2D eigenvalue weighted by Gasteiger charge is 2.33. The zero-order valence-corrected chi connectivity index (χ0v) is 8.18. The molecule has 70 valence electrons. The molecule has 2 rings (SSSR count). The molecule has 0 aromatic heterocycles. The van der Waals surface area contributed by atoms with E-state index in [1.165, 1.54) is 45.2 Å². The Morgan fingerprint density at radius 3 is 2.83 bits per heavy atom. The van der Waals surface area contributed by atoms with E-state index >= 15 is 0 Å². The first-order chi connectivity index (χ1) is 5.92. The van der Waals surface area contributed by atoms with Crippen molar-refractivity contribution in [2.24, 2.45) is 17.8 Å². The Kier molecular flexibility index (Phi) is 2.69. The van der Waals surface area contributed by atoms with E-state index in [0.29, 0.717) is 0 Å². The smallest absolute Gasteiger partial charge is 0.00173 e. The average molecular weight is 167 g/mol. The van der Waals surface area contributed by atoms with E-state index in [4.69, 9.17) is 0 Å². The van der Waals surface area contributed by atoms with Crippen molar-refractivity contribution in [2.75, 3.05) is 13.1 Å². The van der Waals surface area contributed by atoms with Gasteiger partial charge in [0.25, 0.3) is 0 Å². The minimum atomic E-state index is 1.03. The SMILES string of the molecule is CCC1CCCC1C1CCNC1. The van der Waals surface area contributed by atoms with E-state index < -0.39 is 0 Å². The van der Waals surface area contributed by atoms with Crippen molar-refractivity contribution in [2.45, 2.75) is 39.0 Å². The Labute approximate surface area is 75.9 Å². The van der Waals surface area contributed by atoms with Crippen molar-refractivity contribution in [3.8, 4) is 0 Å². The summed E-state index contributed by atoms with van der Waals surface area (Å²) in [6.07, 6.45) is 7.39. The van der Waals surface area contributed by atoms with E-state index in [9.17, 15) is 0 Å². The quantitative estimate of drug-likeness (QED) is 0.666. The highest BCUT2D eigenvalue weighted by Crippen LogP contribution is 2.40. The zero-order valence-electron chi connectivity index (χ0n) is 8.18. The molecule has 0 bridgehead atoms. The van der Waals surface area contributed by atoms with Crippen molar-refractivity contribution in [3.63, 3.8) is 0 Å². The summed E-state index contributed by atoms with van der Waals surface area (Å²) in [4.78, 5) is 0. The summed E-state index contributed by atoms with van der Waals surface area (Å²) in [7, 11) is 0. The van der Waals surface area contributed by atoms with Crippen LogP contribution in [-0.4, -0.2) is 13.1 Å². The highest BCUT2D eigenvalue weighted by atomic mass is 14.9. The molecule has 0 spiro atoms. The summed E-state index contributed by atoms with van der Waals surface area (Å²) in [5.41, 5.74) is 0. The maximum Gasteiger partial charge on any atom is -0.00173 e. The van der Waals surface area contributed by atoms with Crippen LogP contribution in [0, 0.1) is 17.8 Å². The summed E-state index contributed by atoms with van der Waals surface area (Å²) < 4.78 is 0. The molecule has 0 amide bonds. The predicted octanol–water partition coefficient (Wildman–Crippen LogP) is 2.42. The topological polar surface area (TPSA) is 12.0 Å². The molecule has 0 aromatic carbocycles. The van der Waals surface area contributed by atoms with Crippen LogP contribution in [0.3, 0.4) is 0 Å². The van der Waals surface area contributed by atoms with Crippen LogP contribution in [0.25, 0.3) is 0 Å². The molecular weight excluding hydrogens is 146 g/mol. The van der Waals surface area contributed by atoms with Gasteiger partial charge in [-0.15, -0.1) is 0 Å². The number of rotatable bonds is 2. The molecule has 3 unspecified atom stereocenters. The lowest BCUT2D eigenvalue weighted by Gasteiger charge is -2.23. The van der Waals surface area contributed by atoms with Crippen molar-refractivity contribution < 1.29 is 0 Å². The highest BCUT2D eigenvalue weighted by molar-refractivity contribution is 4.86. The van der Waals surface area contributed by atoms with Gasteiger partial charge in [0.2, 0.25) is 0 Å². The maximum atomic E-state index is 3.49. The van der Waals surface area contributed by atoms with Gasteiger partial charge < -0.3 is 5.32 Å². The van der Waals surface area contributed by atoms with Gasteiger partial charge in [-0.3, -0.25) is 0 Å². The third-order valence-corrected chi connectivity index (χ3v) is 3.95. The molecule has 1 nitrogen and oxygen atoms in total. The molecule has 1 saturated heterocycles. The summed E-state index contributed by atoms with van der Waals surface area (Å²) >= 11 is 0. The molecule has 1 aliphatic heterocycles. The first kappa shape index (κ1) is 8.55.